The minimum atomic E-state index is -0.542. The molecule has 1 aromatic heterocycles. The van der Waals surface area contributed by atoms with E-state index in [0.717, 1.165) is 11.1 Å². The summed E-state index contributed by atoms with van der Waals surface area (Å²) in [6.45, 7) is 0.372. The van der Waals surface area contributed by atoms with Crippen molar-refractivity contribution in [3.8, 4) is 11.5 Å². The van der Waals surface area contributed by atoms with Crippen molar-refractivity contribution >= 4 is 22.5 Å². The van der Waals surface area contributed by atoms with Gasteiger partial charge in [0.15, 0.2) is 0 Å². The summed E-state index contributed by atoms with van der Waals surface area (Å²) >= 11 is 0. The van der Waals surface area contributed by atoms with E-state index >= 15 is 0 Å². The quantitative estimate of drug-likeness (QED) is 0.479. The van der Waals surface area contributed by atoms with Gasteiger partial charge in [-0.25, -0.2) is 4.39 Å². The number of benzene rings is 3. The average Bonchev–Trinajstić information content (AvgIpc) is 3.19. The van der Waals surface area contributed by atoms with Crippen LogP contribution in [0.5, 0.6) is 11.5 Å². The molecule has 4 aromatic rings. The zero-order valence-electron chi connectivity index (χ0n) is 15.7. The highest BCUT2D eigenvalue weighted by atomic mass is 19.1. The molecule has 0 saturated carbocycles. The molecule has 0 radical (unpaired) electrons. The molecule has 0 fully saturated rings. The first kappa shape index (κ1) is 18.6. The standard InChI is InChI=1S/C23H19FN2O3/c1-28-16-10-11-18(24)20(12-16)26-23(27)17-13-25-19-8-5-9-21(22(17)19)29-14-15-6-3-2-4-7-15/h2-13,25H,14H2,1H3,(H,26,27). The van der Waals surface area contributed by atoms with E-state index < -0.39 is 11.7 Å². The Morgan fingerprint density at radius 2 is 1.90 bits per heavy atom. The van der Waals surface area contributed by atoms with E-state index in [1.165, 1.54) is 25.3 Å². The number of methoxy groups -OCH3 is 1. The number of carbonyl (C=O) groups is 1. The summed E-state index contributed by atoms with van der Waals surface area (Å²) in [7, 11) is 1.48. The fraction of sp³-hybridized carbons (Fsp3) is 0.0870. The van der Waals surface area contributed by atoms with Crippen LogP contribution in [0.4, 0.5) is 10.1 Å². The van der Waals surface area contributed by atoms with Gasteiger partial charge in [0, 0.05) is 17.8 Å². The first-order valence-corrected chi connectivity index (χ1v) is 9.07. The van der Waals surface area contributed by atoms with E-state index in [2.05, 4.69) is 10.3 Å². The molecule has 0 aliphatic rings. The molecule has 3 aromatic carbocycles. The number of hydrogen-bond acceptors (Lipinski definition) is 3. The van der Waals surface area contributed by atoms with Gasteiger partial charge in [-0.2, -0.15) is 0 Å². The summed E-state index contributed by atoms with van der Waals surface area (Å²) in [5, 5.41) is 3.25. The van der Waals surface area contributed by atoms with Gasteiger partial charge < -0.3 is 19.8 Å². The molecule has 0 bridgehead atoms. The SMILES string of the molecule is COc1ccc(F)c(NC(=O)c2c[nH]c3cccc(OCc4ccccc4)c23)c1. The second kappa shape index (κ2) is 8.06. The summed E-state index contributed by atoms with van der Waals surface area (Å²) in [5.74, 6) is 0.0371. The third kappa shape index (κ3) is 3.91. The number of rotatable bonds is 6. The number of carbonyl (C=O) groups excluding carboxylic acids is 1. The molecule has 0 unspecified atom stereocenters. The molecule has 5 nitrogen and oxygen atoms in total. The molecule has 4 rings (SSSR count). The predicted molar refractivity (Wildman–Crippen MR) is 110 cm³/mol. The second-order valence-corrected chi connectivity index (χ2v) is 6.46. The van der Waals surface area contributed by atoms with E-state index in [-0.39, 0.29) is 5.69 Å². The number of nitrogens with one attached hydrogen (secondary N) is 2. The van der Waals surface area contributed by atoms with Crippen molar-refractivity contribution in [2.24, 2.45) is 0 Å². The third-order valence-corrected chi connectivity index (χ3v) is 4.57. The molecule has 2 N–H and O–H groups in total. The van der Waals surface area contributed by atoms with Crippen LogP contribution in [0.3, 0.4) is 0 Å². The maximum atomic E-state index is 14.1. The maximum Gasteiger partial charge on any atom is 0.258 e. The van der Waals surface area contributed by atoms with E-state index in [1.54, 1.807) is 6.20 Å². The summed E-state index contributed by atoms with van der Waals surface area (Å²) in [4.78, 5) is 15.9. The predicted octanol–water partition coefficient (Wildman–Crippen LogP) is 5.15. The molecule has 1 amide bonds. The van der Waals surface area contributed by atoms with Gasteiger partial charge in [0.2, 0.25) is 0 Å². The van der Waals surface area contributed by atoms with Gasteiger partial charge in [-0.15, -0.1) is 0 Å². The number of amides is 1. The first-order valence-electron chi connectivity index (χ1n) is 9.07. The Balaban J connectivity index is 1.63. The summed E-state index contributed by atoms with van der Waals surface area (Å²) in [5.41, 5.74) is 2.19. The van der Waals surface area contributed by atoms with Gasteiger partial charge in [0.05, 0.1) is 23.7 Å². The molecular weight excluding hydrogens is 371 g/mol. The second-order valence-electron chi connectivity index (χ2n) is 6.46. The van der Waals surface area contributed by atoms with Crippen LogP contribution >= 0.6 is 0 Å². The smallest absolute Gasteiger partial charge is 0.258 e. The zero-order valence-corrected chi connectivity index (χ0v) is 15.7. The summed E-state index contributed by atoms with van der Waals surface area (Å²) < 4.78 is 25.2. The molecular formula is C23H19FN2O3. The maximum absolute atomic E-state index is 14.1. The number of fused-ring (bicyclic) bond motifs is 1. The van der Waals surface area contributed by atoms with Crippen LogP contribution in [0.1, 0.15) is 15.9 Å². The lowest BCUT2D eigenvalue weighted by Gasteiger charge is -2.10. The molecule has 6 heteroatoms. The molecule has 1 heterocycles. The fourth-order valence-corrected chi connectivity index (χ4v) is 3.10. The van der Waals surface area contributed by atoms with E-state index in [4.69, 9.17) is 9.47 Å². The number of aromatic amines is 1. The van der Waals surface area contributed by atoms with E-state index in [0.29, 0.717) is 29.1 Å². The van der Waals surface area contributed by atoms with Crippen LogP contribution in [0, 0.1) is 5.82 Å². The number of aromatic nitrogens is 1. The largest absolute Gasteiger partial charge is 0.497 e. The molecule has 0 aliphatic heterocycles. The Labute approximate surface area is 167 Å². The minimum absolute atomic E-state index is 0.0476. The summed E-state index contributed by atoms with van der Waals surface area (Å²) in [6, 6.07) is 19.5. The Morgan fingerprint density at radius 3 is 2.69 bits per heavy atom. The molecule has 0 atom stereocenters. The van der Waals surface area contributed by atoms with Crippen LogP contribution in [-0.4, -0.2) is 18.0 Å². The van der Waals surface area contributed by atoms with E-state index in [9.17, 15) is 9.18 Å². The van der Waals surface area contributed by atoms with E-state index in [1.807, 2.05) is 48.5 Å². The zero-order chi connectivity index (χ0) is 20.2. The van der Waals surface area contributed by atoms with Crippen LogP contribution in [-0.2, 0) is 6.61 Å². The molecule has 0 spiro atoms. The van der Waals surface area contributed by atoms with Crippen LogP contribution in [0.25, 0.3) is 10.9 Å². The van der Waals surface area contributed by atoms with Gasteiger partial charge in [-0.05, 0) is 29.8 Å². The molecule has 146 valence electrons. The Morgan fingerprint density at radius 1 is 1.07 bits per heavy atom. The normalized spacial score (nSPS) is 10.7. The number of ether oxygens (including phenoxy) is 2. The van der Waals surface area contributed by atoms with Crippen molar-refractivity contribution in [2.45, 2.75) is 6.61 Å². The minimum Gasteiger partial charge on any atom is -0.497 e. The highest BCUT2D eigenvalue weighted by Gasteiger charge is 2.18. The van der Waals surface area contributed by atoms with Crippen LogP contribution < -0.4 is 14.8 Å². The molecule has 29 heavy (non-hydrogen) atoms. The Bertz CT molecular complexity index is 1160. The lowest BCUT2D eigenvalue weighted by atomic mass is 10.1. The molecule has 0 saturated heterocycles. The Kier molecular flexibility index (Phi) is 5.16. The van der Waals surface area contributed by atoms with Gasteiger partial charge in [-0.3, -0.25) is 4.79 Å². The lowest BCUT2D eigenvalue weighted by Crippen LogP contribution is -2.13. The van der Waals surface area contributed by atoms with Gasteiger partial charge in [0.25, 0.3) is 5.91 Å². The summed E-state index contributed by atoms with van der Waals surface area (Å²) in [6.07, 6.45) is 1.59. The molecule has 0 aliphatic carbocycles. The van der Waals surface area contributed by atoms with Crippen LogP contribution in [0.15, 0.2) is 72.9 Å². The first-order chi connectivity index (χ1) is 14.2. The highest BCUT2D eigenvalue weighted by Crippen LogP contribution is 2.30. The van der Waals surface area contributed by atoms with Crippen molar-refractivity contribution < 1.29 is 18.7 Å². The van der Waals surface area contributed by atoms with Crippen molar-refractivity contribution in [2.75, 3.05) is 12.4 Å². The fourth-order valence-electron chi connectivity index (χ4n) is 3.10. The average molecular weight is 390 g/mol. The lowest BCUT2D eigenvalue weighted by molar-refractivity contribution is 0.102. The third-order valence-electron chi connectivity index (χ3n) is 4.57. The van der Waals surface area contributed by atoms with Gasteiger partial charge in [-0.1, -0.05) is 36.4 Å². The monoisotopic (exact) mass is 390 g/mol. The van der Waals surface area contributed by atoms with Crippen LogP contribution in [0.2, 0.25) is 0 Å². The van der Waals surface area contributed by atoms with Crippen molar-refractivity contribution in [1.82, 2.24) is 4.98 Å². The van der Waals surface area contributed by atoms with Gasteiger partial charge >= 0.3 is 0 Å². The number of hydrogen-bond donors (Lipinski definition) is 2. The van der Waals surface area contributed by atoms with Crippen molar-refractivity contribution in [1.29, 1.82) is 0 Å². The Hall–Kier alpha value is -3.80. The topological polar surface area (TPSA) is 63.3 Å². The van der Waals surface area contributed by atoms with Crippen molar-refractivity contribution in [3.05, 3.63) is 89.9 Å². The number of H-pyrrole nitrogens is 1. The van der Waals surface area contributed by atoms with Gasteiger partial charge in [0.1, 0.15) is 23.9 Å². The van der Waals surface area contributed by atoms with Crippen molar-refractivity contribution in [3.63, 3.8) is 0 Å². The number of anilines is 1. The number of halogens is 1. The highest BCUT2D eigenvalue weighted by molar-refractivity contribution is 6.14.